The van der Waals surface area contributed by atoms with Crippen LogP contribution in [0.2, 0.25) is 0 Å². The summed E-state index contributed by atoms with van der Waals surface area (Å²) in [6, 6.07) is 6.42. The number of benzene rings is 1. The van der Waals surface area contributed by atoms with E-state index in [2.05, 4.69) is 10.6 Å². The van der Waals surface area contributed by atoms with Crippen molar-refractivity contribution in [3.8, 4) is 11.5 Å². The SMILES string of the molecule is CCNC(=O)[C@@H](C)NC(=O)COc1ccc(OCC)cc1. The van der Waals surface area contributed by atoms with Gasteiger partial charge in [-0.1, -0.05) is 0 Å². The van der Waals surface area contributed by atoms with Crippen LogP contribution in [0.25, 0.3) is 0 Å². The van der Waals surface area contributed by atoms with Crippen molar-refractivity contribution in [3.63, 3.8) is 0 Å². The van der Waals surface area contributed by atoms with E-state index in [1.165, 1.54) is 0 Å². The zero-order chi connectivity index (χ0) is 15.7. The minimum absolute atomic E-state index is 0.141. The summed E-state index contributed by atoms with van der Waals surface area (Å²) in [6.07, 6.45) is 0. The van der Waals surface area contributed by atoms with Crippen molar-refractivity contribution in [3.05, 3.63) is 24.3 Å². The third kappa shape index (κ3) is 6.16. The molecular formula is C15H22N2O4. The number of carbonyl (C=O) groups is 2. The maximum absolute atomic E-state index is 11.7. The fraction of sp³-hybridized carbons (Fsp3) is 0.467. The number of hydrogen-bond donors (Lipinski definition) is 2. The standard InChI is InChI=1S/C15H22N2O4/c1-4-16-15(19)11(3)17-14(18)10-21-13-8-6-12(7-9-13)20-5-2/h6-9,11H,4-5,10H2,1-3H3,(H,16,19)(H,17,18)/t11-/m1/s1. The Labute approximate surface area is 124 Å². The van der Waals surface area contributed by atoms with Crippen molar-refractivity contribution in [1.82, 2.24) is 10.6 Å². The van der Waals surface area contributed by atoms with Gasteiger partial charge in [0.15, 0.2) is 6.61 Å². The molecule has 0 aromatic heterocycles. The molecule has 0 aliphatic carbocycles. The summed E-state index contributed by atoms with van der Waals surface area (Å²) in [4.78, 5) is 23.1. The van der Waals surface area contributed by atoms with E-state index in [1.807, 2.05) is 13.8 Å². The zero-order valence-corrected chi connectivity index (χ0v) is 12.6. The first-order valence-corrected chi connectivity index (χ1v) is 6.99. The van der Waals surface area contributed by atoms with Gasteiger partial charge in [-0.25, -0.2) is 0 Å². The average molecular weight is 294 g/mol. The Hall–Kier alpha value is -2.24. The molecule has 0 bridgehead atoms. The van der Waals surface area contributed by atoms with Crippen LogP contribution < -0.4 is 20.1 Å². The molecule has 6 nitrogen and oxygen atoms in total. The maximum Gasteiger partial charge on any atom is 0.258 e. The Bertz CT molecular complexity index is 459. The number of carbonyl (C=O) groups excluding carboxylic acids is 2. The first kappa shape index (κ1) is 16.8. The van der Waals surface area contributed by atoms with E-state index in [4.69, 9.17) is 9.47 Å². The quantitative estimate of drug-likeness (QED) is 0.753. The van der Waals surface area contributed by atoms with Gasteiger partial charge in [0.25, 0.3) is 5.91 Å². The highest BCUT2D eigenvalue weighted by atomic mass is 16.5. The van der Waals surface area contributed by atoms with Gasteiger partial charge in [-0.2, -0.15) is 0 Å². The van der Waals surface area contributed by atoms with Crippen molar-refractivity contribution in [2.45, 2.75) is 26.8 Å². The molecule has 0 aliphatic heterocycles. The van der Waals surface area contributed by atoms with Crippen LogP contribution in [0.5, 0.6) is 11.5 Å². The lowest BCUT2D eigenvalue weighted by molar-refractivity contribution is -0.129. The Morgan fingerprint density at radius 1 is 1.10 bits per heavy atom. The minimum Gasteiger partial charge on any atom is -0.494 e. The lowest BCUT2D eigenvalue weighted by Gasteiger charge is -2.13. The molecule has 21 heavy (non-hydrogen) atoms. The van der Waals surface area contributed by atoms with Gasteiger partial charge in [-0.3, -0.25) is 9.59 Å². The number of amides is 2. The van der Waals surface area contributed by atoms with Crippen LogP contribution >= 0.6 is 0 Å². The molecule has 2 amide bonds. The lowest BCUT2D eigenvalue weighted by Crippen LogP contribution is -2.46. The van der Waals surface area contributed by atoms with E-state index < -0.39 is 6.04 Å². The van der Waals surface area contributed by atoms with Crippen LogP contribution in [0.3, 0.4) is 0 Å². The number of rotatable bonds is 8. The highest BCUT2D eigenvalue weighted by Crippen LogP contribution is 2.17. The molecule has 1 atom stereocenters. The Kier molecular flexibility index (Phi) is 7.08. The number of nitrogens with one attached hydrogen (secondary N) is 2. The van der Waals surface area contributed by atoms with Crippen LogP contribution in [-0.2, 0) is 9.59 Å². The van der Waals surface area contributed by atoms with E-state index >= 15 is 0 Å². The Morgan fingerprint density at radius 3 is 2.19 bits per heavy atom. The largest absolute Gasteiger partial charge is 0.494 e. The maximum atomic E-state index is 11.7. The van der Waals surface area contributed by atoms with Crippen LogP contribution in [0.1, 0.15) is 20.8 Å². The van der Waals surface area contributed by atoms with Gasteiger partial charge in [0.05, 0.1) is 6.61 Å². The molecule has 0 saturated carbocycles. The smallest absolute Gasteiger partial charge is 0.258 e. The predicted molar refractivity (Wildman–Crippen MR) is 79.4 cm³/mol. The monoisotopic (exact) mass is 294 g/mol. The molecule has 0 heterocycles. The van der Waals surface area contributed by atoms with Gasteiger partial charge in [0.2, 0.25) is 5.91 Å². The van der Waals surface area contributed by atoms with Crippen LogP contribution in [0.4, 0.5) is 0 Å². The molecule has 0 aliphatic rings. The molecular weight excluding hydrogens is 272 g/mol. The van der Waals surface area contributed by atoms with Crippen molar-refractivity contribution in [1.29, 1.82) is 0 Å². The van der Waals surface area contributed by atoms with Crippen molar-refractivity contribution >= 4 is 11.8 Å². The summed E-state index contributed by atoms with van der Waals surface area (Å²) < 4.78 is 10.7. The third-order valence-corrected chi connectivity index (χ3v) is 2.63. The van der Waals surface area contributed by atoms with Crippen molar-refractivity contribution in [2.75, 3.05) is 19.8 Å². The van der Waals surface area contributed by atoms with Gasteiger partial charge in [-0.15, -0.1) is 0 Å². The third-order valence-electron chi connectivity index (χ3n) is 2.63. The van der Waals surface area contributed by atoms with Gasteiger partial charge < -0.3 is 20.1 Å². The van der Waals surface area contributed by atoms with E-state index in [9.17, 15) is 9.59 Å². The average Bonchev–Trinajstić information content (AvgIpc) is 2.47. The molecule has 0 spiro atoms. The van der Waals surface area contributed by atoms with Gasteiger partial charge in [0, 0.05) is 6.54 Å². The van der Waals surface area contributed by atoms with Crippen LogP contribution in [-0.4, -0.2) is 37.6 Å². The second-order valence-corrected chi connectivity index (χ2v) is 4.38. The molecule has 1 aromatic rings. The highest BCUT2D eigenvalue weighted by Gasteiger charge is 2.14. The summed E-state index contributed by atoms with van der Waals surface area (Å²) >= 11 is 0. The molecule has 0 unspecified atom stereocenters. The molecule has 6 heteroatoms. The second-order valence-electron chi connectivity index (χ2n) is 4.38. The fourth-order valence-electron chi connectivity index (χ4n) is 1.62. The molecule has 1 aromatic carbocycles. The summed E-state index contributed by atoms with van der Waals surface area (Å²) in [5.41, 5.74) is 0. The highest BCUT2D eigenvalue weighted by molar-refractivity contribution is 5.87. The summed E-state index contributed by atoms with van der Waals surface area (Å²) in [6.45, 7) is 6.34. The van der Waals surface area contributed by atoms with Gasteiger partial charge in [0.1, 0.15) is 17.5 Å². The molecule has 2 N–H and O–H groups in total. The van der Waals surface area contributed by atoms with Crippen LogP contribution in [0.15, 0.2) is 24.3 Å². The molecule has 1 rings (SSSR count). The molecule has 0 fully saturated rings. The normalized spacial score (nSPS) is 11.4. The zero-order valence-electron chi connectivity index (χ0n) is 12.6. The molecule has 0 saturated heterocycles. The van der Waals surface area contributed by atoms with E-state index in [0.29, 0.717) is 18.9 Å². The second kappa shape index (κ2) is 8.84. The lowest BCUT2D eigenvalue weighted by atomic mass is 10.3. The van der Waals surface area contributed by atoms with Crippen LogP contribution in [0, 0.1) is 0 Å². The van der Waals surface area contributed by atoms with Gasteiger partial charge in [-0.05, 0) is 45.0 Å². The fourth-order valence-corrected chi connectivity index (χ4v) is 1.62. The first-order chi connectivity index (χ1) is 10.1. The number of likely N-dealkylation sites (N-methyl/N-ethyl adjacent to an activating group) is 1. The first-order valence-electron chi connectivity index (χ1n) is 6.99. The van der Waals surface area contributed by atoms with E-state index in [1.54, 1.807) is 31.2 Å². The van der Waals surface area contributed by atoms with Gasteiger partial charge >= 0.3 is 0 Å². The van der Waals surface area contributed by atoms with Crippen molar-refractivity contribution < 1.29 is 19.1 Å². The molecule has 116 valence electrons. The van der Waals surface area contributed by atoms with Crippen molar-refractivity contribution in [2.24, 2.45) is 0 Å². The number of hydrogen-bond acceptors (Lipinski definition) is 4. The van der Waals surface area contributed by atoms with E-state index in [-0.39, 0.29) is 18.4 Å². The summed E-state index contributed by atoms with van der Waals surface area (Å²) in [5, 5.41) is 5.20. The Balaban J connectivity index is 2.37. The number of ether oxygens (including phenoxy) is 2. The predicted octanol–water partition coefficient (Wildman–Crippen LogP) is 1.10. The molecule has 0 radical (unpaired) electrons. The summed E-state index contributed by atoms with van der Waals surface area (Å²) in [5.74, 6) is 0.757. The topological polar surface area (TPSA) is 76.7 Å². The minimum atomic E-state index is -0.582. The van der Waals surface area contributed by atoms with E-state index in [0.717, 1.165) is 5.75 Å². The Morgan fingerprint density at radius 2 is 1.67 bits per heavy atom. The summed E-state index contributed by atoms with van der Waals surface area (Å²) in [7, 11) is 0.